The Labute approximate surface area is 245 Å². The van der Waals surface area contributed by atoms with Gasteiger partial charge in [0.2, 0.25) is 21.8 Å². The lowest BCUT2D eigenvalue weighted by molar-refractivity contribution is -0.143. The van der Waals surface area contributed by atoms with Crippen LogP contribution in [0.15, 0.2) is 17.5 Å². The number of urea groups is 1. The number of nitrogens with zero attached hydrogens (tertiary/aromatic N) is 4. The van der Waals surface area contributed by atoms with E-state index in [2.05, 4.69) is 14.9 Å². The van der Waals surface area contributed by atoms with Gasteiger partial charge in [-0.1, -0.05) is 11.6 Å². The summed E-state index contributed by atoms with van der Waals surface area (Å²) < 4.78 is 28.2. The molecule has 3 aliphatic rings. The molecule has 4 rings (SSSR count). The minimum absolute atomic E-state index is 0.0393. The second kappa shape index (κ2) is 13.6. The highest BCUT2D eigenvalue weighted by Crippen LogP contribution is 2.23. The summed E-state index contributed by atoms with van der Waals surface area (Å²) in [5.41, 5.74) is 0. The zero-order chi connectivity index (χ0) is 28.9. The van der Waals surface area contributed by atoms with Gasteiger partial charge in [-0.3, -0.25) is 14.5 Å². The molecule has 40 heavy (non-hydrogen) atoms. The molecule has 0 bridgehead atoms. The van der Waals surface area contributed by atoms with Gasteiger partial charge in [0.05, 0.1) is 10.9 Å². The Morgan fingerprint density at radius 3 is 2.50 bits per heavy atom. The molecule has 222 valence electrons. The van der Waals surface area contributed by atoms with Crippen molar-refractivity contribution >= 4 is 56.9 Å². The highest BCUT2D eigenvalue weighted by atomic mass is 35.5. The van der Waals surface area contributed by atoms with Gasteiger partial charge in [-0.25, -0.2) is 13.2 Å². The Hall–Kier alpha value is -2.19. The number of hydrogen-bond donors (Lipinski definition) is 2. The second-order valence-corrected chi connectivity index (χ2v) is 14.2. The van der Waals surface area contributed by atoms with Gasteiger partial charge in [0.15, 0.2) is 0 Å². The molecule has 1 aromatic heterocycles. The van der Waals surface area contributed by atoms with Crippen molar-refractivity contribution < 1.29 is 22.8 Å². The van der Waals surface area contributed by atoms with Gasteiger partial charge in [0, 0.05) is 68.2 Å². The zero-order valence-electron chi connectivity index (χ0n) is 23.1. The lowest BCUT2D eigenvalue weighted by atomic mass is 10.1. The quantitative estimate of drug-likeness (QED) is 0.439. The third kappa shape index (κ3) is 8.41. The van der Waals surface area contributed by atoms with E-state index < -0.39 is 16.1 Å². The number of thiophene rings is 1. The van der Waals surface area contributed by atoms with Crippen molar-refractivity contribution in [1.29, 1.82) is 0 Å². The number of carbonyl (C=O) groups excluding carboxylic acids is 3. The van der Waals surface area contributed by atoms with E-state index in [-0.39, 0.29) is 36.5 Å². The van der Waals surface area contributed by atoms with Crippen LogP contribution in [0.25, 0.3) is 6.08 Å². The van der Waals surface area contributed by atoms with Gasteiger partial charge in [-0.2, -0.15) is 4.72 Å². The Morgan fingerprint density at radius 2 is 1.82 bits per heavy atom. The van der Waals surface area contributed by atoms with Crippen molar-refractivity contribution in [2.75, 3.05) is 52.4 Å². The number of piperazine rings is 1. The summed E-state index contributed by atoms with van der Waals surface area (Å²) in [4.78, 5) is 46.9. The topological polar surface area (TPSA) is 122 Å². The summed E-state index contributed by atoms with van der Waals surface area (Å²) >= 11 is 7.15. The molecule has 3 fully saturated rings. The first kappa shape index (κ1) is 30.8. The molecular weight excluding hydrogens is 576 g/mol. The first-order valence-corrected chi connectivity index (χ1v) is 16.6. The van der Waals surface area contributed by atoms with Crippen molar-refractivity contribution in [2.45, 2.75) is 57.7 Å². The maximum Gasteiger partial charge on any atom is 0.317 e. The molecule has 0 aromatic carbocycles. The second-order valence-electron chi connectivity index (χ2n) is 10.8. The lowest BCUT2D eigenvalue weighted by Crippen LogP contribution is -2.56. The number of hydrogen-bond acceptors (Lipinski definition) is 7. The van der Waals surface area contributed by atoms with Crippen molar-refractivity contribution in [3.63, 3.8) is 0 Å². The number of rotatable bonds is 9. The molecular formula is C26H39ClN6O5S2. The highest BCUT2D eigenvalue weighted by molar-refractivity contribution is 7.92. The fraction of sp³-hybridized carbons (Fsp3) is 0.654. The first-order valence-electron chi connectivity index (χ1n) is 13.8. The summed E-state index contributed by atoms with van der Waals surface area (Å²) in [6.45, 7) is 8.44. The van der Waals surface area contributed by atoms with Gasteiger partial charge in [-0.15, -0.1) is 11.3 Å². The molecule has 0 aliphatic carbocycles. The molecule has 2 unspecified atom stereocenters. The minimum Gasteiger partial charge on any atom is -0.337 e. The van der Waals surface area contributed by atoms with Crippen molar-refractivity contribution in [1.82, 2.24) is 29.6 Å². The average Bonchev–Trinajstić information content (AvgIpc) is 3.54. The molecule has 0 radical (unpaired) electrons. The molecule has 14 heteroatoms. The summed E-state index contributed by atoms with van der Waals surface area (Å²) in [7, 11) is -3.86. The number of likely N-dealkylation sites (tertiary alicyclic amines) is 2. The number of carbonyl (C=O) groups is 3. The first-order chi connectivity index (χ1) is 19.0. The van der Waals surface area contributed by atoms with Gasteiger partial charge >= 0.3 is 6.03 Å². The van der Waals surface area contributed by atoms with E-state index in [0.29, 0.717) is 48.2 Å². The third-order valence-electron chi connectivity index (χ3n) is 7.41. The smallest absolute Gasteiger partial charge is 0.317 e. The van der Waals surface area contributed by atoms with E-state index in [4.69, 9.17) is 11.6 Å². The molecule has 1 aromatic rings. The summed E-state index contributed by atoms with van der Waals surface area (Å²) in [6, 6.07) is 2.62. The number of sulfonamides is 1. The van der Waals surface area contributed by atoms with Crippen LogP contribution in [0.5, 0.6) is 0 Å². The summed E-state index contributed by atoms with van der Waals surface area (Å²) in [5, 5.41) is 3.97. The standard InChI is InChI=1S/C26H39ClN6O5S2/c1-19(2)28-26(36)31-14-12-30(13-15-31)17-20-5-3-11-33(20)24(34)18-32-10-4-6-22(25(32)35)29-40(37,38)16-9-21-7-8-23(27)39-21/h7-9,16,19-20,22,29H,3-6,10-15,17-18H2,1-2H3,(H,28,36)/b16-9+. The molecule has 4 amide bonds. The zero-order valence-corrected chi connectivity index (χ0v) is 25.4. The van der Waals surface area contributed by atoms with E-state index in [9.17, 15) is 22.8 Å². The SMILES string of the molecule is CC(C)NC(=O)N1CCN(CC2CCCN2C(=O)CN2CCCC(NS(=O)(=O)/C=C/c3ccc(Cl)s3)C2=O)CC1. The number of halogens is 1. The van der Waals surface area contributed by atoms with Crippen LogP contribution >= 0.6 is 22.9 Å². The third-order valence-corrected chi connectivity index (χ3v) is 9.71. The van der Waals surface area contributed by atoms with E-state index in [0.717, 1.165) is 37.9 Å². The lowest BCUT2D eigenvalue weighted by Gasteiger charge is -2.38. The fourth-order valence-electron chi connectivity index (χ4n) is 5.40. The normalized spacial score (nSPS) is 23.0. The molecule has 2 N–H and O–H groups in total. The van der Waals surface area contributed by atoms with E-state index in [1.807, 2.05) is 23.6 Å². The Balaban J connectivity index is 1.27. The van der Waals surface area contributed by atoms with E-state index >= 15 is 0 Å². The Kier molecular flexibility index (Phi) is 10.5. The Morgan fingerprint density at radius 1 is 1.10 bits per heavy atom. The largest absolute Gasteiger partial charge is 0.337 e. The van der Waals surface area contributed by atoms with Crippen molar-refractivity contribution in [3.8, 4) is 0 Å². The molecule has 4 heterocycles. The van der Waals surface area contributed by atoms with Crippen molar-refractivity contribution in [3.05, 3.63) is 26.8 Å². The summed E-state index contributed by atoms with van der Waals surface area (Å²) in [6.07, 6.45) is 4.24. The predicted molar refractivity (Wildman–Crippen MR) is 156 cm³/mol. The average molecular weight is 615 g/mol. The predicted octanol–water partition coefficient (Wildman–Crippen LogP) is 2.01. The van der Waals surface area contributed by atoms with Crippen LogP contribution in [0, 0.1) is 0 Å². The molecule has 11 nitrogen and oxygen atoms in total. The van der Waals surface area contributed by atoms with Crippen LogP contribution in [0.3, 0.4) is 0 Å². The molecule has 0 spiro atoms. The monoisotopic (exact) mass is 614 g/mol. The number of nitrogens with one attached hydrogen (secondary N) is 2. The van der Waals surface area contributed by atoms with Gasteiger partial charge in [0.25, 0.3) is 0 Å². The van der Waals surface area contributed by atoms with Crippen LogP contribution in [0.2, 0.25) is 4.34 Å². The van der Waals surface area contributed by atoms with Crippen LogP contribution in [0.1, 0.15) is 44.4 Å². The molecule has 2 atom stereocenters. The molecule has 3 saturated heterocycles. The highest BCUT2D eigenvalue weighted by Gasteiger charge is 2.36. The van der Waals surface area contributed by atoms with Gasteiger partial charge < -0.3 is 20.0 Å². The Bertz CT molecular complexity index is 1200. The molecule has 0 saturated carbocycles. The van der Waals surface area contributed by atoms with Gasteiger partial charge in [0.1, 0.15) is 6.04 Å². The van der Waals surface area contributed by atoms with Gasteiger partial charge in [-0.05, 0) is 57.7 Å². The van der Waals surface area contributed by atoms with Crippen LogP contribution in [0.4, 0.5) is 4.79 Å². The van der Waals surface area contributed by atoms with E-state index in [1.165, 1.54) is 22.3 Å². The summed E-state index contributed by atoms with van der Waals surface area (Å²) in [5.74, 6) is -0.480. The van der Waals surface area contributed by atoms with Crippen LogP contribution < -0.4 is 10.0 Å². The van der Waals surface area contributed by atoms with Crippen LogP contribution in [-0.2, 0) is 19.6 Å². The maximum atomic E-state index is 13.3. The molecule has 3 aliphatic heterocycles. The maximum absolute atomic E-state index is 13.3. The van der Waals surface area contributed by atoms with Crippen LogP contribution in [-0.4, -0.2) is 116 Å². The fourth-order valence-corrected chi connectivity index (χ4v) is 7.47. The van der Waals surface area contributed by atoms with Crippen molar-refractivity contribution in [2.24, 2.45) is 0 Å². The number of amides is 4. The van der Waals surface area contributed by atoms with E-state index in [1.54, 1.807) is 12.1 Å². The minimum atomic E-state index is -3.86. The number of piperidine rings is 1.